The number of para-hydroxylation sites is 1. The predicted octanol–water partition coefficient (Wildman–Crippen LogP) is 5.54. The van der Waals surface area contributed by atoms with Crippen LogP contribution in [0.25, 0.3) is 0 Å². The van der Waals surface area contributed by atoms with Gasteiger partial charge in [0.05, 0.1) is 11.1 Å². The molecule has 0 unspecified atom stereocenters. The van der Waals surface area contributed by atoms with Crippen LogP contribution in [0.15, 0.2) is 41.5 Å². The highest BCUT2D eigenvalue weighted by atomic mass is 35.5. The van der Waals surface area contributed by atoms with Crippen LogP contribution in [0.1, 0.15) is 4.88 Å². The van der Waals surface area contributed by atoms with Crippen molar-refractivity contribution >= 4 is 45.7 Å². The molecule has 0 aliphatic heterocycles. The second-order valence-electron chi connectivity index (χ2n) is 4.88. The van der Waals surface area contributed by atoms with Gasteiger partial charge < -0.3 is 5.32 Å². The summed E-state index contributed by atoms with van der Waals surface area (Å²) in [6.07, 6.45) is 1.14. The van der Waals surface area contributed by atoms with Crippen LogP contribution in [0.4, 0.5) is 34.1 Å². The van der Waals surface area contributed by atoms with E-state index in [0.717, 1.165) is 23.2 Å². The first-order valence-electron chi connectivity index (χ1n) is 7.06. The molecule has 26 heavy (non-hydrogen) atoms. The Bertz CT molecular complexity index is 936. The van der Waals surface area contributed by atoms with Gasteiger partial charge in [-0.2, -0.15) is 5.10 Å². The average Bonchev–Trinajstić information content (AvgIpc) is 2.96. The molecule has 0 amide bonds. The van der Waals surface area contributed by atoms with Crippen molar-refractivity contribution in [2.24, 2.45) is 5.10 Å². The summed E-state index contributed by atoms with van der Waals surface area (Å²) in [5, 5.41) is 7.17. The predicted molar refractivity (Wildman–Crippen MR) is 94.3 cm³/mol. The molecule has 10 heteroatoms. The molecule has 1 heterocycles. The fraction of sp³-hybridized carbons (Fsp3) is 0. The first kappa shape index (κ1) is 18.2. The molecule has 3 rings (SSSR count). The van der Waals surface area contributed by atoms with Gasteiger partial charge in [0.15, 0.2) is 33.6 Å². The van der Waals surface area contributed by atoms with Crippen LogP contribution >= 0.6 is 22.9 Å². The van der Waals surface area contributed by atoms with Gasteiger partial charge in [-0.15, -0.1) is 0 Å². The molecule has 0 saturated heterocycles. The van der Waals surface area contributed by atoms with Crippen molar-refractivity contribution in [3.63, 3.8) is 0 Å². The lowest BCUT2D eigenvalue weighted by Crippen LogP contribution is -2.02. The van der Waals surface area contributed by atoms with E-state index in [1.54, 1.807) is 0 Å². The minimum atomic E-state index is -1.58. The summed E-state index contributed by atoms with van der Waals surface area (Å²) in [5.74, 6) is -6.23. The molecule has 0 spiro atoms. The Hall–Kier alpha value is -2.65. The van der Waals surface area contributed by atoms with Crippen LogP contribution in [0, 0.1) is 23.3 Å². The van der Waals surface area contributed by atoms with Gasteiger partial charge in [0, 0.05) is 11.8 Å². The fourth-order valence-corrected chi connectivity index (χ4v) is 2.97. The number of benzene rings is 2. The van der Waals surface area contributed by atoms with Crippen LogP contribution in [0.5, 0.6) is 0 Å². The molecule has 2 aromatic carbocycles. The zero-order valence-corrected chi connectivity index (χ0v) is 14.3. The maximum Gasteiger partial charge on any atom is 0.189 e. The largest absolute Gasteiger partial charge is 0.331 e. The number of halogens is 5. The summed E-state index contributed by atoms with van der Waals surface area (Å²) >= 11 is 7.10. The summed E-state index contributed by atoms with van der Waals surface area (Å²) in [4.78, 5) is 4.45. The molecule has 0 saturated carbocycles. The highest BCUT2D eigenvalue weighted by Gasteiger charge is 2.18. The Morgan fingerprint density at radius 2 is 1.69 bits per heavy atom. The Labute approximate surface area is 154 Å². The number of nitrogens with one attached hydrogen (secondary N) is 2. The van der Waals surface area contributed by atoms with Gasteiger partial charge in [0.25, 0.3) is 0 Å². The van der Waals surface area contributed by atoms with Crippen LogP contribution in [-0.2, 0) is 0 Å². The molecular weight excluding hydrogens is 392 g/mol. The van der Waals surface area contributed by atoms with Crippen LogP contribution < -0.4 is 10.7 Å². The third-order valence-electron chi connectivity index (χ3n) is 3.10. The van der Waals surface area contributed by atoms with E-state index in [1.165, 1.54) is 0 Å². The van der Waals surface area contributed by atoms with Crippen molar-refractivity contribution in [1.29, 1.82) is 0 Å². The van der Waals surface area contributed by atoms with Gasteiger partial charge in [-0.25, -0.2) is 22.5 Å². The lowest BCUT2D eigenvalue weighted by Gasteiger charge is -2.05. The molecular formula is C16H9ClF4N4S. The third-order valence-corrected chi connectivity index (χ3v) is 4.41. The lowest BCUT2D eigenvalue weighted by atomic mass is 10.2. The van der Waals surface area contributed by atoms with E-state index < -0.39 is 29.0 Å². The number of rotatable bonds is 5. The average molecular weight is 401 g/mol. The van der Waals surface area contributed by atoms with E-state index in [-0.39, 0.29) is 11.2 Å². The monoisotopic (exact) mass is 400 g/mol. The molecule has 3 aromatic rings. The quantitative estimate of drug-likeness (QED) is 0.256. The lowest BCUT2D eigenvalue weighted by molar-refractivity contribution is 0.458. The molecule has 134 valence electrons. The molecule has 0 fully saturated rings. The molecule has 0 aliphatic rings. The van der Waals surface area contributed by atoms with Gasteiger partial charge in [-0.1, -0.05) is 41.1 Å². The smallest absolute Gasteiger partial charge is 0.189 e. The standard InChI is InChI=1S/C16H9ClF4N4S/c17-15-11(26-16(24-15)23-8-4-2-1-3-5-8)7-22-25-14-12(20)9(18)6-10(19)13(14)21/h1-7,25H,(H,23,24). The van der Waals surface area contributed by atoms with Crippen molar-refractivity contribution in [3.8, 4) is 0 Å². The Balaban J connectivity index is 1.76. The minimum Gasteiger partial charge on any atom is -0.331 e. The Morgan fingerprint density at radius 3 is 2.35 bits per heavy atom. The number of nitrogens with zero attached hydrogens (tertiary/aromatic N) is 2. The van der Waals surface area contributed by atoms with Crippen molar-refractivity contribution in [1.82, 2.24) is 4.98 Å². The molecule has 0 radical (unpaired) electrons. The van der Waals surface area contributed by atoms with Crippen molar-refractivity contribution in [2.45, 2.75) is 0 Å². The number of anilines is 3. The van der Waals surface area contributed by atoms with Gasteiger partial charge in [0.1, 0.15) is 5.69 Å². The molecule has 0 aliphatic carbocycles. The highest BCUT2D eigenvalue weighted by Crippen LogP contribution is 2.28. The SMILES string of the molecule is Fc1cc(F)c(F)c(NN=Cc2sc(Nc3ccccc3)nc2Cl)c1F. The summed E-state index contributed by atoms with van der Waals surface area (Å²) in [6.45, 7) is 0. The van der Waals surface area contributed by atoms with E-state index >= 15 is 0 Å². The molecule has 4 nitrogen and oxygen atoms in total. The summed E-state index contributed by atoms with van der Waals surface area (Å²) < 4.78 is 53.3. The molecule has 0 atom stereocenters. The van der Waals surface area contributed by atoms with E-state index in [0.29, 0.717) is 10.0 Å². The van der Waals surface area contributed by atoms with Gasteiger partial charge in [0.2, 0.25) is 0 Å². The van der Waals surface area contributed by atoms with Crippen LogP contribution in [0.2, 0.25) is 5.15 Å². The van der Waals surface area contributed by atoms with Gasteiger partial charge >= 0.3 is 0 Å². The highest BCUT2D eigenvalue weighted by molar-refractivity contribution is 7.17. The first-order chi connectivity index (χ1) is 12.5. The summed E-state index contributed by atoms with van der Waals surface area (Å²) in [7, 11) is 0. The Kier molecular flexibility index (Phi) is 5.38. The van der Waals surface area contributed by atoms with Crippen molar-refractivity contribution in [2.75, 3.05) is 10.7 Å². The van der Waals surface area contributed by atoms with E-state index in [4.69, 9.17) is 11.6 Å². The zero-order chi connectivity index (χ0) is 18.7. The van der Waals surface area contributed by atoms with E-state index in [9.17, 15) is 17.6 Å². The number of hydrogen-bond acceptors (Lipinski definition) is 5. The number of hydrazone groups is 1. The maximum absolute atomic E-state index is 13.5. The van der Waals surface area contributed by atoms with Crippen LogP contribution in [-0.4, -0.2) is 11.2 Å². The van der Waals surface area contributed by atoms with Crippen molar-refractivity contribution < 1.29 is 17.6 Å². The van der Waals surface area contributed by atoms with Crippen molar-refractivity contribution in [3.05, 3.63) is 69.7 Å². The topological polar surface area (TPSA) is 49.3 Å². The molecule has 2 N–H and O–H groups in total. The second kappa shape index (κ2) is 7.71. The molecule has 1 aromatic heterocycles. The van der Waals surface area contributed by atoms with E-state index in [2.05, 4.69) is 15.4 Å². The fourth-order valence-electron chi connectivity index (χ4n) is 1.92. The van der Waals surface area contributed by atoms with Gasteiger partial charge in [-0.3, -0.25) is 5.43 Å². The first-order valence-corrected chi connectivity index (χ1v) is 8.25. The normalized spacial score (nSPS) is 11.1. The maximum atomic E-state index is 13.5. The van der Waals surface area contributed by atoms with Crippen LogP contribution in [0.3, 0.4) is 0 Å². The number of aromatic nitrogens is 1. The second-order valence-corrected chi connectivity index (χ2v) is 6.27. The summed E-state index contributed by atoms with van der Waals surface area (Å²) in [6, 6.07) is 9.30. The number of thiazole rings is 1. The summed E-state index contributed by atoms with van der Waals surface area (Å²) in [5.41, 5.74) is 1.69. The number of hydrogen-bond donors (Lipinski definition) is 2. The zero-order valence-electron chi connectivity index (χ0n) is 12.7. The Morgan fingerprint density at radius 1 is 1.04 bits per heavy atom. The van der Waals surface area contributed by atoms with E-state index in [1.807, 2.05) is 35.8 Å². The van der Waals surface area contributed by atoms with Gasteiger partial charge in [-0.05, 0) is 12.1 Å². The third kappa shape index (κ3) is 3.94. The minimum absolute atomic E-state index is 0.102. The molecule has 0 bridgehead atoms.